The average Bonchev–Trinajstić information content (AvgIpc) is 2.76. The van der Waals surface area contributed by atoms with Crippen LogP contribution in [0.5, 0.6) is 0 Å². The zero-order chi connectivity index (χ0) is 23.9. The average molecular weight is 453 g/mol. The van der Waals surface area contributed by atoms with E-state index in [0.29, 0.717) is 0 Å². The van der Waals surface area contributed by atoms with Gasteiger partial charge in [0.25, 0.3) is 0 Å². The number of amides is 2. The second-order valence-electron chi connectivity index (χ2n) is 10.0. The molecule has 0 aromatic heterocycles. The van der Waals surface area contributed by atoms with Gasteiger partial charge in [0.15, 0.2) is 0 Å². The smallest absolute Gasteiger partial charge is 0.220 e. The summed E-state index contributed by atoms with van der Waals surface area (Å²) < 4.78 is 0. The van der Waals surface area contributed by atoms with Crippen LogP contribution in [0, 0.1) is 11.8 Å². The van der Waals surface area contributed by atoms with Crippen molar-refractivity contribution < 1.29 is 9.59 Å². The third-order valence-electron chi connectivity index (χ3n) is 6.97. The van der Waals surface area contributed by atoms with Crippen LogP contribution < -0.4 is 11.5 Å². The SMILES string of the molecule is CCCCCCCCCCC(CCCCC(CCCCCCCCCC)C(N)=O)C(N)=O. The molecule has 32 heavy (non-hydrogen) atoms. The molecule has 0 spiro atoms. The highest BCUT2D eigenvalue weighted by molar-refractivity contribution is 5.77. The van der Waals surface area contributed by atoms with Crippen molar-refractivity contribution >= 4 is 11.8 Å². The standard InChI is InChI=1S/C28H56N2O2/c1-3-5-7-9-11-13-15-17-21-25(27(29)31)23-19-20-24-26(28(30)32)22-18-16-14-12-10-8-6-4-2/h25-26H,3-24H2,1-2H3,(H2,29,31)(H2,30,32). The van der Waals surface area contributed by atoms with E-state index in [-0.39, 0.29) is 23.7 Å². The molecule has 2 unspecified atom stereocenters. The fraction of sp³-hybridized carbons (Fsp3) is 0.929. The molecule has 0 aliphatic rings. The molecule has 0 aliphatic carbocycles. The van der Waals surface area contributed by atoms with E-state index in [1.807, 2.05) is 0 Å². The van der Waals surface area contributed by atoms with Crippen molar-refractivity contribution in [1.82, 2.24) is 0 Å². The first kappa shape index (κ1) is 30.9. The number of carbonyl (C=O) groups excluding carboxylic acids is 2. The van der Waals surface area contributed by atoms with Crippen LogP contribution >= 0.6 is 0 Å². The largest absolute Gasteiger partial charge is 0.369 e. The summed E-state index contributed by atoms with van der Waals surface area (Å²) in [5, 5.41) is 0. The van der Waals surface area contributed by atoms with Crippen LogP contribution in [0.2, 0.25) is 0 Å². The molecule has 0 bridgehead atoms. The molecule has 0 fully saturated rings. The molecular weight excluding hydrogens is 396 g/mol. The summed E-state index contributed by atoms with van der Waals surface area (Å²) in [6.07, 6.45) is 25.9. The van der Waals surface area contributed by atoms with Gasteiger partial charge in [-0.3, -0.25) is 9.59 Å². The van der Waals surface area contributed by atoms with Crippen molar-refractivity contribution in [3.05, 3.63) is 0 Å². The lowest BCUT2D eigenvalue weighted by Gasteiger charge is -2.15. The second-order valence-corrected chi connectivity index (χ2v) is 10.0. The Balaban J connectivity index is 3.87. The Morgan fingerprint density at radius 2 is 0.656 bits per heavy atom. The summed E-state index contributed by atoms with van der Waals surface area (Å²) in [6, 6.07) is 0. The topological polar surface area (TPSA) is 86.2 Å². The maximum Gasteiger partial charge on any atom is 0.220 e. The Kier molecular flexibility index (Phi) is 22.3. The van der Waals surface area contributed by atoms with Crippen molar-refractivity contribution in [1.29, 1.82) is 0 Å². The maximum atomic E-state index is 11.8. The lowest BCUT2D eigenvalue weighted by Crippen LogP contribution is -2.24. The molecule has 0 saturated carbocycles. The molecule has 4 N–H and O–H groups in total. The molecule has 0 rings (SSSR count). The van der Waals surface area contributed by atoms with Crippen molar-refractivity contribution in [2.75, 3.05) is 0 Å². The summed E-state index contributed by atoms with van der Waals surface area (Å²) in [7, 11) is 0. The van der Waals surface area contributed by atoms with E-state index in [9.17, 15) is 9.59 Å². The first-order chi connectivity index (χ1) is 15.5. The third kappa shape index (κ3) is 19.6. The molecule has 190 valence electrons. The van der Waals surface area contributed by atoms with Gasteiger partial charge >= 0.3 is 0 Å². The third-order valence-corrected chi connectivity index (χ3v) is 6.97. The van der Waals surface area contributed by atoms with Gasteiger partial charge in [-0.1, -0.05) is 129 Å². The van der Waals surface area contributed by atoms with Crippen LogP contribution in [0.3, 0.4) is 0 Å². The van der Waals surface area contributed by atoms with Gasteiger partial charge < -0.3 is 11.5 Å². The minimum absolute atomic E-state index is 0.00479. The lowest BCUT2D eigenvalue weighted by atomic mass is 9.90. The fourth-order valence-electron chi connectivity index (χ4n) is 4.69. The maximum absolute atomic E-state index is 11.8. The normalized spacial score (nSPS) is 13.2. The minimum Gasteiger partial charge on any atom is -0.369 e. The highest BCUT2D eigenvalue weighted by Crippen LogP contribution is 2.22. The molecule has 0 radical (unpaired) electrons. The van der Waals surface area contributed by atoms with Crippen LogP contribution in [-0.4, -0.2) is 11.8 Å². The molecule has 4 nitrogen and oxygen atoms in total. The Morgan fingerprint density at radius 1 is 0.438 bits per heavy atom. The van der Waals surface area contributed by atoms with Crippen LogP contribution in [0.4, 0.5) is 0 Å². The first-order valence-corrected chi connectivity index (χ1v) is 14.1. The number of nitrogens with two attached hydrogens (primary N) is 2. The van der Waals surface area contributed by atoms with Crippen molar-refractivity contribution in [2.24, 2.45) is 23.3 Å². The number of hydrogen-bond donors (Lipinski definition) is 2. The number of hydrogen-bond acceptors (Lipinski definition) is 2. The van der Waals surface area contributed by atoms with E-state index in [4.69, 9.17) is 11.5 Å². The van der Waals surface area contributed by atoms with Crippen LogP contribution in [-0.2, 0) is 9.59 Å². The van der Waals surface area contributed by atoms with Gasteiger partial charge in [-0.05, 0) is 25.7 Å². The van der Waals surface area contributed by atoms with Gasteiger partial charge in [-0.2, -0.15) is 0 Å². The number of primary amides is 2. The Bertz CT molecular complexity index is 399. The summed E-state index contributed by atoms with van der Waals surface area (Å²) in [5.74, 6) is -0.318. The van der Waals surface area contributed by atoms with Crippen LogP contribution in [0.25, 0.3) is 0 Å². The van der Waals surface area contributed by atoms with Crippen molar-refractivity contribution in [2.45, 2.75) is 155 Å². The van der Waals surface area contributed by atoms with Gasteiger partial charge in [0, 0.05) is 11.8 Å². The van der Waals surface area contributed by atoms with Crippen LogP contribution in [0.1, 0.15) is 155 Å². The summed E-state index contributed by atoms with van der Waals surface area (Å²) in [6.45, 7) is 4.49. The Hall–Kier alpha value is -1.06. The zero-order valence-electron chi connectivity index (χ0n) is 21.7. The first-order valence-electron chi connectivity index (χ1n) is 14.1. The van der Waals surface area contributed by atoms with E-state index < -0.39 is 0 Å². The minimum atomic E-state index is -0.154. The summed E-state index contributed by atoms with van der Waals surface area (Å²) in [4.78, 5) is 23.6. The van der Waals surface area contributed by atoms with Gasteiger partial charge in [0.05, 0.1) is 0 Å². The molecular formula is C28H56N2O2. The van der Waals surface area contributed by atoms with E-state index in [2.05, 4.69) is 13.8 Å². The predicted octanol–water partition coefficient (Wildman–Crippen LogP) is 7.81. The quantitative estimate of drug-likeness (QED) is 0.138. The predicted molar refractivity (Wildman–Crippen MR) is 138 cm³/mol. The van der Waals surface area contributed by atoms with E-state index in [0.717, 1.165) is 51.4 Å². The summed E-state index contributed by atoms with van der Waals surface area (Å²) in [5.41, 5.74) is 11.3. The van der Waals surface area contributed by atoms with E-state index in [1.165, 1.54) is 89.9 Å². The van der Waals surface area contributed by atoms with Crippen molar-refractivity contribution in [3.8, 4) is 0 Å². The molecule has 2 amide bonds. The molecule has 0 saturated heterocycles. The highest BCUT2D eigenvalue weighted by atomic mass is 16.1. The van der Waals surface area contributed by atoms with Gasteiger partial charge in [0.1, 0.15) is 0 Å². The Morgan fingerprint density at radius 3 is 0.906 bits per heavy atom. The van der Waals surface area contributed by atoms with Crippen LogP contribution in [0.15, 0.2) is 0 Å². The Labute approximate surface area is 200 Å². The van der Waals surface area contributed by atoms with E-state index >= 15 is 0 Å². The fourth-order valence-corrected chi connectivity index (χ4v) is 4.69. The molecule has 0 heterocycles. The second kappa shape index (κ2) is 23.1. The number of rotatable bonds is 25. The van der Waals surface area contributed by atoms with Gasteiger partial charge in [0.2, 0.25) is 11.8 Å². The molecule has 0 aliphatic heterocycles. The van der Waals surface area contributed by atoms with Gasteiger partial charge in [-0.15, -0.1) is 0 Å². The molecule has 0 aromatic rings. The lowest BCUT2D eigenvalue weighted by molar-refractivity contribution is -0.123. The molecule has 2 atom stereocenters. The number of unbranched alkanes of at least 4 members (excludes halogenated alkanes) is 15. The molecule has 0 aromatic carbocycles. The molecule has 4 heteroatoms. The zero-order valence-corrected chi connectivity index (χ0v) is 21.7. The summed E-state index contributed by atoms with van der Waals surface area (Å²) >= 11 is 0. The number of carbonyl (C=O) groups is 2. The highest BCUT2D eigenvalue weighted by Gasteiger charge is 2.17. The van der Waals surface area contributed by atoms with Gasteiger partial charge in [-0.25, -0.2) is 0 Å². The monoisotopic (exact) mass is 452 g/mol. The van der Waals surface area contributed by atoms with Crippen molar-refractivity contribution in [3.63, 3.8) is 0 Å². The van der Waals surface area contributed by atoms with E-state index in [1.54, 1.807) is 0 Å².